The molecule has 6 nitrogen and oxygen atoms in total. The normalized spacial score (nSPS) is 19.3. The Morgan fingerprint density at radius 1 is 1.15 bits per heavy atom. The van der Waals surface area contributed by atoms with Crippen LogP contribution in [0.15, 0.2) is 36.4 Å². The number of ether oxygens (including phenoxy) is 1. The molecule has 2 aliphatic heterocycles. The summed E-state index contributed by atoms with van der Waals surface area (Å²) < 4.78 is 5.42. The number of carbonyl (C=O) groups is 2. The molecule has 0 aliphatic carbocycles. The van der Waals surface area contributed by atoms with Gasteiger partial charge in [0.05, 0.1) is 18.4 Å². The van der Waals surface area contributed by atoms with E-state index in [1.807, 2.05) is 6.07 Å². The quantitative estimate of drug-likeness (QED) is 0.850. The van der Waals surface area contributed by atoms with E-state index in [-0.39, 0.29) is 11.8 Å². The lowest BCUT2D eigenvalue weighted by molar-refractivity contribution is -0.120. The highest BCUT2D eigenvalue weighted by molar-refractivity contribution is 6.31. The number of hydrogen-bond donors (Lipinski definition) is 2. The predicted octanol–water partition coefficient (Wildman–Crippen LogP) is 2.38. The minimum Gasteiger partial charge on any atom is -0.496 e. The largest absolute Gasteiger partial charge is 0.496 e. The first-order valence-electron chi connectivity index (χ1n) is 8.39. The first-order chi connectivity index (χ1) is 12.6. The zero-order chi connectivity index (χ0) is 18.3. The summed E-state index contributed by atoms with van der Waals surface area (Å²) in [7, 11) is 1.59. The molecular formula is C19H18ClN3O3. The predicted molar refractivity (Wildman–Crippen MR) is 99.8 cm³/mol. The highest BCUT2D eigenvalue weighted by atomic mass is 35.5. The second-order valence-electron chi connectivity index (χ2n) is 6.31. The van der Waals surface area contributed by atoms with Gasteiger partial charge in [0.2, 0.25) is 5.91 Å². The summed E-state index contributed by atoms with van der Waals surface area (Å²) in [6.07, 6.45) is 0. The number of rotatable bonds is 2. The van der Waals surface area contributed by atoms with Gasteiger partial charge in [0, 0.05) is 30.2 Å². The fourth-order valence-electron chi connectivity index (χ4n) is 3.46. The van der Waals surface area contributed by atoms with Gasteiger partial charge in [-0.05, 0) is 35.9 Å². The number of piperazine rings is 1. The molecule has 2 amide bonds. The Labute approximate surface area is 156 Å². The lowest BCUT2D eigenvalue weighted by atomic mass is 10.00. The van der Waals surface area contributed by atoms with Crippen molar-refractivity contribution < 1.29 is 14.3 Å². The van der Waals surface area contributed by atoms with Crippen molar-refractivity contribution in [1.29, 1.82) is 0 Å². The fourth-order valence-corrected chi connectivity index (χ4v) is 3.63. The molecule has 26 heavy (non-hydrogen) atoms. The van der Waals surface area contributed by atoms with Crippen molar-refractivity contribution >= 4 is 29.1 Å². The van der Waals surface area contributed by atoms with E-state index >= 15 is 0 Å². The minimum absolute atomic E-state index is 0.146. The molecule has 2 aliphatic rings. The molecule has 0 bridgehead atoms. The van der Waals surface area contributed by atoms with Gasteiger partial charge in [-0.1, -0.05) is 17.7 Å². The van der Waals surface area contributed by atoms with E-state index in [4.69, 9.17) is 16.3 Å². The third kappa shape index (κ3) is 2.81. The molecule has 2 N–H and O–H groups in total. The van der Waals surface area contributed by atoms with Crippen LogP contribution in [0.25, 0.3) is 11.1 Å². The third-order valence-corrected chi connectivity index (χ3v) is 5.02. The summed E-state index contributed by atoms with van der Waals surface area (Å²) in [6, 6.07) is 10.2. The molecular weight excluding hydrogens is 354 g/mol. The highest BCUT2D eigenvalue weighted by Gasteiger charge is 2.36. The standard InChI is InChI=1S/C19H18ClN3O3/c1-26-17-5-3-12(20)9-13(17)11-2-4-15-14(8-11)19(25)23-7-6-21-10-16(23)18(24)22-15/h2-5,8-9,16,21H,6-7,10H2,1H3,(H,22,24)/t16-/m1/s1. The minimum atomic E-state index is -0.493. The van der Waals surface area contributed by atoms with Crippen LogP contribution in [0.1, 0.15) is 10.4 Å². The smallest absolute Gasteiger partial charge is 0.256 e. The van der Waals surface area contributed by atoms with Crippen molar-refractivity contribution in [2.45, 2.75) is 6.04 Å². The number of carbonyl (C=O) groups excluding carboxylic acids is 2. The summed E-state index contributed by atoms with van der Waals surface area (Å²) >= 11 is 6.14. The van der Waals surface area contributed by atoms with Gasteiger partial charge < -0.3 is 20.3 Å². The van der Waals surface area contributed by atoms with Gasteiger partial charge >= 0.3 is 0 Å². The number of amides is 2. The van der Waals surface area contributed by atoms with E-state index in [2.05, 4.69) is 10.6 Å². The van der Waals surface area contributed by atoms with Crippen LogP contribution in [0.2, 0.25) is 5.02 Å². The lowest BCUT2D eigenvalue weighted by Gasteiger charge is -2.33. The summed E-state index contributed by atoms with van der Waals surface area (Å²) in [5.74, 6) is 0.351. The summed E-state index contributed by atoms with van der Waals surface area (Å²) in [5.41, 5.74) is 2.60. The molecule has 0 aromatic heterocycles. The Morgan fingerprint density at radius 2 is 2.00 bits per heavy atom. The number of methoxy groups -OCH3 is 1. The third-order valence-electron chi connectivity index (χ3n) is 4.79. The zero-order valence-electron chi connectivity index (χ0n) is 14.2. The van der Waals surface area contributed by atoms with Crippen LogP contribution in [-0.2, 0) is 4.79 Å². The maximum absolute atomic E-state index is 13.1. The molecule has 2 aromatic rings. The summed E-state index contributed by atoms with van der Waals surface area (Å²) in [5, 5.41) is 6.62. The van der Waals surface area contributed by atoms with Gasteiger partial charge in [0.25, 0.3) is 5.91 Å². The molecule has 4 rings (SSSR count). The van der Waals surface area contributed by atoms with Crippen molar-refractivity contribution in [2.75, 3.05) is 32.1 Å². The van der Waals surface area contributed by atoms with Crippen molar-refractivity contribution in [2.24, 2.45) is 0 Å². The lowest BCUT2D eigenvalue weighted by Crippen LogP contribution is -2.57. The van der Waals surface area contributed by atoms with Crippen molar-refractivity contribution in [3.05, 3.63) is 47.0 Å². The topological polar surface area (TPSA) is 70.7 Å². The van der Waals surface area contributed by atoms with Crippen molar-refractivity contribution in [1.82, 2.24) is 10.2 Å². The summed E-state index contributed by atoms with van der Waals surface area (Å²) in [6.45, 7) is 1.63. The van der Waals surface area contributed by atoms with Crippen molar-refractivity contribution in [3.8, 4) is 16.9 Å². The van der Waals surface area contributed by atoms with E-state index in [9.17, 15) is 9.59 Å². The molecule has 2 aromatic carbocycles. The second kappa shape index (κ2) is 6.63. The Hall–Kier alpha value is -2.57. The van der Waals surface area contributed by atoms with Gasteiger partial charge in [-0.2, -0.15) is 0 Å². The average Bonchev–Trinajstić information content (AvgIpc) is 2.77. The maximum atomic E-state index is 13.1. The number of nitrogens with zero attached hydrogens (tertiary/aromatic N) is 1. The van der Waals surface area contributed by atoms with E-state index in [0.717, 1.165) is 11.1 Å². The van der Waals surface area contributed by atoms with Crippen LogP contribution in [0.4, 0.5) is 5.69 Å². The molecule has 1 fully saturated rings. The molecule has 2 heterocycles. The van der Waals surface area contributed by atoms with E-state index < -0.39 is 6.04 Å². The van der Waals surface area contributed by atoms with Gasteiger partial charge in [-0.25, -0.2) is 0 Å². The summed E-state index contributed by atoms with van der Waals surface area (Å²) in [4.78, 5) is 27.2. The van der Waals surface area contributed by atoms with Crippen LogP contribution in [-0.4, -0.2) is 49.5 Å². The number of halogens is 1. The van der Waals surface area contributed by atoms with E-state index in [1.54, 1.807) is 42.3 Å². The van der Waals surface area contributed by atoms with Crippen LogP contribution in [0.3, 0.4) is 0 Å². The number of nitrogens with one attached hydrogen (secondary N) is 2. The molecule has 0 spiro atoms. The number of benzene rings is 2. The number of fused-ring (bicyclic) bond motifs is 2. The van der Waals surface area contributed by atoms with Crippen LogP contribution in [0, 0.1) is 0 Å². The molecule has 0 radical (unpaired) electrons. The molecule has 7 heteroatoms. The first kappa shape index (κ1) is 16.9. The highest BCUT2D eigenvalue weighted by Crippen LogP contribution is 2.35. The van der Waals surface area contributed by atoms with Crippen LogP contribution in [0.5, 0.6) is 5.75 Å². The van der Waals surface area contributed by atoms with E-state index in [1.165, 1.54) is 0 Å². The Bertz CT molecular complexity index is 900. The van der Waals surface area contributed by atoms with E-state index in [0.29, 0.717) is 41.7 Å². The van der Waals surface area contributed by atoms with Gasteiger partial charge in [0.15, 0.2) is 0 Å². The SMILES string of the molecule is COc1ccc(Cl)cc1-c1ccc2c(c1)C(=O)N1CCNC[C@@H]1C(=O)N2. The maximum Gasteiger partial charge on any atom is 0.256 e. The van der Waals surface area contributed by atoms with Crippen LogP contribution < -0.4 is 15.4 Å². The Morgan fingerprint density at radius 3 is 2.81 bits per heavy atom. The molecule has 1 atom stereocenters. The second-order valence-corrected chi connectivity index (χ2v) is 6.75. The van der Waals surface area contributed by atoms with Gasteiger partial charge in [0.1, 0.15) is 11.8 Å². The van der Waals surface area contributed by atoms with Gasteiger partial charge in [-0.15, -0.1) is 0 Å². The Balaban J connectivity index is 1.81. The van der Waals surface area contributed by atoms with Crippen molar-refractivity contribution in [3.63, 3.8) is 0 Å². The fraction of sp³-hybridized carbons (Fsp3) is 0.263. The van der Waals surface area contributed by atoms with Gasteiger partial charge in [-0.3, -0.25) is 9.59 Å². The Kier molecular flexibility index (Phi) is 4.30. The molecule has 0 saturated carbocycles. The van der Waals surface area contributed by atoms with Crippen LogP contribution >= 0.6 is 11.6 Å². The molecule has 1 saturated heterocycles. The molecule has 0 unspecified atom stereocenters. The average molecular weight is 372 g/mol. The first-order valence-corrected chi connectivity index (χ1v) is 8.77. The number of hydrogen-bond acceptors (Lipinski definition) is 4. The number of anilines is 1. The zero-order valence-corrected chi connectivity index (χ0v) is 15.0. The monoisotopic (exact) mass is 371 g/mol. The molecule has 134 valence electrons.